The number of hydrogen-bond donors (Lipinski definition) is 1. The number of benzene rings is 1. The molecule has 0 aliphatic rings. The molecule has 1 unspecified atom stereocenters. The maximum Gasteiger partial charge on any atom is 0.211 e. The summed E-state index contributed by atoms with van der Waals surface area (Å²) >= 11 is 3.59. The van der Waals surface area contributed by atoms with Gasteiger partial charge in [-0.05, 0) is 17.9 Å². The topological polar surface area (TPSA) is 46.2 Å². The van der Waals surface area contributed by atoms with Gasteiger partial charge in [0.05, 0.1) is 5.75 Å². The van der Waals surface area contributed by atoms with Gasteiger partial charge in [-0.2, -0.15) is 0 Å². The van der Waals surface area contributed by atoms with Gasteiger partial charge >= 0.3 is 0 Å². The molecule has 1 aromatic rings. The number of nitrogens with one attached hydrogen (secondary N) is 1. The van der Waals surface area contributed by atoms with Crippen LogP contribution in [0.25, 0.3) is 0 Å². The maximum atomic E-state index is 12.0. The minimum absolute atomic E-state index is 0.139. The molecular formula is C15H24BrNO2S. The number of alkyl halides is 1. The minimum Gasteiger partial charge on any atom is -0.214 e. The van der Waals surface area contributed by atoms with Gasteiger partial charge in [-0.1, -0.05) is 73.0 Å². The first-order valence-corrected chi connectivity index (χ1v) is 9.70. The summed E-state index contributed by atoms with van der Waals surface area (Å²) in [6, 6.07) is 9.69. The molecule has 0 aliphatic heterocycles. The minimum atomic E-state index is -3.20. The second kappa shape index (κ2) is 8.80. The first-order valence-electron chi connectivity index (χ1n) is 7.13. The van der Waals surface area contributed by atoms with Crippen LogP contribution in [0.2, 0.25) is 0 Å². The van der Waals surface area contributed by atoms with E-state index in [0.29, 0.717) is 18.9 Å². The van der Waals surface area contributed by atoms with Crippen LogP contribution in [-0.4, -0.2) is 25.5 Å². The summed E-state index contributed by atoms with van der Waals surface area (Å²) in [5, 5.41) is 0. The molecular weight excluding hydrogens is 338 g/mol. The Balaban J connectivity index is 2.42. The van der Waals surface area contributed by atoms with E-state index in [1.807, 2.05) is 30.3 Å². The molecule has 0 amide bonds. The molecule has 0 aliphatic carbocycles. The van der Waals surface area contributed by atoms with Gasteiger partial charge in [0.15, 0.2) is 0 Å². The van der Waals surface area contributed by atoms with E-state index in [-0.39, 0.29) is 10.6 Å². The smallest absolute Gasteiger partial charge is 0.211 e. The van der Waals surface area contributed by atoms with E-state index in [9.17, 15) is 8.42 Å². The highest BCUT2D eigenvalue weighted by atomic mass is 79.9. The highest BCUT2D eigenvalue weighted by molar-refractivity contribution is 9.09. The lowest BCUT2D eigenvalue weighted by atomic mass is 10.00. The van der Waals surface area contributed by atoms with E-state index >= 15 is 0 Å². The van der Waals surface area contributed by atoms with Crippen LogP contribution in [0.15, 0.2) is 30.3 Å². The quantitative estimate of drug-likeness (QED) is 0.685. The fourth-order valence-corrected chi connectivity index (χ4v) is 4.35. The lowest BCUT2D eigenvalue weighted by Crippen LogP contribution is -2.34. The van der Waals surface area contributed by atoms with E-state index in [1.54, 1.807) is 0 Å². The van der Waals surface area contributed by atoms with Gasteiger partial charge < -0.3 is 0 Å². The molecule has 0 radical (unpaired) electrons. The molecule has 0 spiro atoms. The van der Waals surface area contributed by atoms with Gasteiger partial charge in [-0.15, -0.1) is 0 Å². The summed E-state index contributed by atoms with van der Waals surface area (Å²) in [5.41, 5.74) is 1.05. The van der Waals surface area contributed by atoms with Crippen molar-refractivity contribution in [3.8, 4) is 0 Å². The molecule has 0 saturated heterocycles. The summed E-state index contributed by atoms with van der Waals surface area (Å²) in [6.07, 6.45) is 2.66. The van der Waals surface area contributed by atoms with Gasteiger partial charge in [-0.3, -0.25) is 0 Å². The Labute approximate surface area is 131 Å². The lowest BCUT2D eigenvalue weighted by Gasteiger charge is -2.19. The molecule has 1 rings (SSSR count). The lowest BCUT2D eigenvalue weighted by molar-refractivity contribution is 0.471. The number of sulfonamides is 1. The monoisotopic (exact) mass is 361 g/mol. The summed E-state index contributed by atoms with van der Waals surface area (Å²) < 4.78 is 26.7. The Bertz CT molecular complexity index is 472. The molecule has 114 valence electrons. The van der Waals surface area contributed by atoms with Gasteiger partial charge in [0.25, 0.3) is 0 Å². The van der Waals surface area contributed by atoms with Crippen LogP contribution in [0.4, 0.5) is 0 Å². The van der Waals surface area contributed by atoms with Crippen molar-refractivity contribution in [1.82, 2.24) is 4.72 Å². The normalized spacial score (nSPS) is 13.6. The summed E-state index contributed by atoms with van der Waals surface area (Å²) in [5.74, 6) is 0.645. The second-order valence-corrected chi connectivity index (χ2v) is 8.10. The van der Waals surface area contributed by atoms with Crippen molar-refractivity contribution in [3.63, 3.8) is 0 Å². The Kier molecular flexibility index (Phi) is 7.77. The standard InChI is InChI=1S/C15H24BrNO2S/c1-3-14(4-2)15(16)12-17-20(18,19)11-10-13-8-6-5-7-9-13/h5-9,14-15,17H,3-4,10-12H2,1-2H3. The Morgan fingerprint density at radius 2 is 1.75 bits per heavy atom. The van der Waals surface area contributed by atoms with Gasteiger partial charge in [0.2, 0.25) is 10.0 Å². The maximum absolute atomic E-state index is 12.0. The van der Waals surface area contributed by atoms with Crippen LogP contribution in [0, 0.1) is 5.92 Å². The van der Waals surface area contributed by atoms with E-state index in [1.165, 1.54) is 0 Å². The molecule has 1 atom stereocenters. The van der Waals surface area contributed by atoms with Gasteiger partial charge in [-0.25, -0.2) is 13.1 Å². The zero-order valence-electron chi connectivity index (χ0n) is 12.2. The van der Waals surface area contributed by atoms with Crippen LogP contribution in [-0.2, 0) is 16.4 Å². The number of halogens is 1. The summed E-state index contributed by atoms with van der Waals surface area (Å²) in [6.45, 7) is 4.72. The molecule has 0 bridgehead atoms. The van der Waals surface area contributed by atoms with E-state index in [0.717, 1.165) is 18.4 Å². The predicted molar refractivity (Wildman–Crippen MR) is 88.7 cm³/mol. The molecule has 1 N–H and O–H groups in total. The van der Waals surface area contributed by atoms with Crippen molar-refractivity contribution in [1.29, 1.82) is 0 Å². The van der Waals surface area contributed by atoms with Crippen LogP contribution in [0.5, 0.6) is 0 Å². The van der Waals surface area contributed by atoms with Crippen LogP contribution in [0.1, 0.15) is 32.3 Å². The number of aryl methyl sites for hydroxylation is 1. The van der Waals surface area contributed by atoms with Crippen molar-refractivity contribution in [2.75, 3.05) is 12.3 Å². The Hall–Kier alpha value is -0.390. The van der Waals surface area contributed by atoms with Crippen molar-refractivity contribution in [2.24, 2.45) is 5.92 Å². The number of hydrogen-bond acceptors (Lipinski definition) is 2. The van der Waals surface area contributed by atoms with Gasteiger partial charge in [0, 0.05) is 11.4 Å². The van der Waals surface area contributed by atoms with Gasteiger partial charge in [0.1, 0.15) is 0 Å². The third-order valence-electron chi connectivity index (χ3n) is 3.56. The average Bonchev–Trinajstić information content (AvgIpc) is 2.46. The first-order chi connectivity index (χ1) is 9.48. The summed E-state index contributed by atoms with van der Waals surface area (Å²) in [4.78, 5) is 0.198. The molecule has 0 fully saturated rings. The first kappa shape index (κ1) is 17.7. The second-order valence-electron chi connectivity index (χ2n) is 5.00. The highest BCUT2D eigenvalue weighted by Crippen LogP contribution is 2.19. The third kappa shape index (κ3) is 6.37. The van der Waals surface area contributed by atoms with Crippen molar-refractivity contribution in [3.05, 3.63) is 35.9 Å². The number of rotatable bonds is 9. The zero-order chi connectivity index (χ0) is 15.0. The fourth-order valence-electron chi connectivity index (χ4n) is 2.14. The van der Waals surface area contributed by atoms with Crippen molar-refractivity contribution in [2.45, 2.75) is 37.9 Å². The van der Waals surface area contributed by atoms with Crippen LogP contribution < -0.4 is 4.72 Å². The average molecular weight is 362 g/mol. The SMILES string of the molecule is CCC(CC)C(Br)CNS(=O)(=O)CCc1ccccc1. The van der Waals surface area contributed by atoms with Crippen LogP contribution >= 0.6 is 15.9 Å². The van der Waals surface area contributed by atoms with Crippen LogP contribution in [0.3, 0.4) is 0 Å². The fraction of sp³-hybridized carbons (Fsp3) is 0.600. The van der Waals surface area contributed by atoms with E-state index in [2.05, 4.69) is 34.5 Å². The molecule has 1 aromatic carbocycles. The molecule has 0 heterocycles. The molecule has 5 heteroatoms. The molecule has 20 heavy (non-hydrogen) atoms. The Morgan fingerprint density at radius 3 is 2.30 bits per heavy atom. The molecule has 0 aromatic heterocycles. The molecule has 3 nitrogen and oxygen atoms in total. The Morgan fingerprint density at radius 1 is 1.15 bits per heavy atom. The molecule has 0 saturated carbocycles. The summed E-state index contributed by atoms with van der Waals surface area (Å²) in [7, 11) is -3.20. The van der Waals surface area contributed by atoms with E-state index < -0.39 is 10.0 Å². The third-order valence-corrected chi connectivity index (χ3v) is 5.98. The van der Waals surface area contributed by atoms with E-state index in [4.69, 9.17) is 0 Å². The zero-order valence-corrected chi connectivity index (χ0v) is 14.6. The van der Waals surface area contributed by atoms with Crippen molar-refractivity contribution < 1.29 is 8.42 Å². The highest BCUT2D eigenvalue weighted by Gasteiger charge is 2.18. The van der Waals surface area contributed by atoms with Crippen molar-refractivity contribution >= 4 is 26.0 Å². The predicted octanol–water partition coefficient (Wildman–Crippen LogP) is 3.35. The largest absolute Gasteiger partial charge is 0.214 e.